The summed E-state index contributed by atoms with van der Waals surface area (Å²) in [5, 5.41) is 0. The molecule has 0 aromatic carbocycles. The molecule has 0 radical (unpaired) electrons. The van der Waals surface area contributed by atoms with Crippen LogP contribution in [0.2, 0.25) is 0 Å². The summed E-state index contributed by atoms with van der Waals surface area (Å²) in [4.78, 5) is 29.9. The average Bonchev–Trinajstić information content (AvgIpc) is 2.92. The van der Waals surface area contributed by atoms with Gasteiger partial charge in [0, 0.05) is 45.2 Å². The largest absolute Gasteiger partial charge is 0.341 e. The molecule has 2 fully saturated rings. The van der Waals surface area contributed by atoms with Crippen LogP contribution >= 0.6 is 0 Å². The van der Waals surface area contributed by atoms with Crippen molar-refractivity contribution in [1.82, 2.24) is 14.7 Å². The molecule has 0 aromatic heterocycles. The third kappa shape index (κ3) is 3.45. The first kappa shape index (κ1) is 14.3. The summed E-state index contributed by atoms with van der Waals surface area (Å²) >= 11 is 0. The summed E-state index contributed by atoms with van der Waals surface area (Å²) in [7, 11) is 3.96. The molecule has 6 nitrogen and oxygen atoms in total. The maximum Gasteiger partial charge on any atom is 0.228 e. The Kier molecular flexibility index (Phi) is 4.42. The normalized spacial score (nSPS) is 27.7. The predicted octanol–water partition coefficient (Wildman–Crippen LogP) is -1.04. The molecule has 2 aliphatic heterocycles. The molecule has 108 valence electrons. The molecular weight excluding hydrogens is 244 g/mol. The van der Waals surface area contributed by atoms with Gasteiger partial charge in [-0.25, -0.2) is 0 Å². The number of nitrogens with two attached hydrogens (primary N) is 1. The van der Waals surface area contributed by atoms with E-state index in [1.54, 1.807) is 4.90 Å². The quantitative estimate of drug-likeness (QED) is 0.707. The Morgan fingerprint density at radius 1 is 1.42 bits per heavy atom. The van der Waals surface area contributed by atoms with Crippen LogP contribution in [0.3, 0.4) is 0 Å². The van der Waals surface area contributed by atoms with Crippen molar-refractivity contribution in [2.75, 3.05) is 46.8 Å². The SMILES string of the molecule is CN(C)CCN1C[C@@H](C(=O)N2CC[C@@H](N)C2)CC1=O. The minimum atomic E-state index is -0.167. The standard InChI is InChI=1S/C13H24N4O2/c1-15(2)5-6-16-8-10(7-12(16)18)13(19)17-4-3-11(14)9-17/h10-11H,3-9,14H2,1-2H3/t10-,11+/m0/s1. The van der Waals surface area contributed by atoms with Crippen LogP contribution in [0.25, 0.3) is 0 Å². The molecule has 6 heteroatoms. The second-order valence-corrected chi connectivity index (χ2v) is 5.88. The van der Waals surface area contributed by atoms with Gasteiger partial charge < -0.3 is 20.4 Å². The fraction of sp³-hybridized carbons (Fsp3) is 0.846. The fourth-order valence-corrected chi connectivity index (χ4v) is 2.72. The maximum absolute atomic E-state index is 12.3. The number of rotatable bonds is 4. The number of hydrogen-bond donors (Lipinski definition) is 1. The highest BCUT2D eigenvalue weighted by Gasteiger charge is 2.37. The zero-order valence-corrected chi connectivity index (χ0v) is 11.8. The van der Waals surface area contributed by atoms with Gasteiger partial charge in [-0.05, 0) is 20.5 Å². The molecule has 2 amide bonds. The Labute approximate surface area is 114 Å². The van der Waals surface area contributed by atoms with Gasteiger partial charge in [-0.2, -0.15) is 0 Å². The number of carbonyl (C=O) groups is 2. The van der Waals surface area contributed by atoms with Gasteiger partial charge >= 0.3 is 0 Å². The van der Waals surface area contributed by atoms with Crippen LogP contribution in [-0.4, -0.2) is 79.4 Å². The van der Waals surface area contributed by atoms with E-state index in [1.165, 1.54) is 0 Å². The van der Waals surface area contributed by atoms with Crippen molar-refractivity contribution < 1.29 is 9.59 Å². The van der Waals surface area contributed by atoms with E-state index in [1.807, 2.05) is 23.9 Å². The topological polar surface area (TPSA) is 69.9 Å². The minimum absolute atomic E-state index is 0.101. The van der Waals surface area contributed by atoms with Gasteiger partial charge in [-0.1, -0.05) is 0 Å². The van der Waals surface area contributed by atoms with Gasteiger partial charge in [0.15, 0.2) is 0 Å². The number of nitrogens with zero attached hydrogens (tertiary/aromatic N) is 3. The van der Waals surface area contributed by atoms with Crippen LogP contribution in [0.1, 0.15) is 12.8 Å². The zero-order valence-electron chi connectivity index (χ0n) is 11.8. The number of likely N-dealkylation sites (tertiary alicyclic amines) is 2. The third-order valence-corrected chi connectivity index (χ3v) is 3.92. The minimum Gasteiger partial charge on any atom is -0.341 e. The monoisotopic (exact) mass is 268 g/mol. The molecule has 19 heavy (non-hydrogen) atoms. The summed E-state index contributed by atoms with van der Waals surface area (Å²) in [6, 6.07) is 0.103. The molecule has 2 saturated heterocycles. The number of hydrogen-bond acceptors (Lipinski definition) is 4. The van der Waals surface area contributed by atoms with E-state index >= 15 is 0 Å². The summed E-state index contributed by atoms with van der Waals surface area (Å²) in [5.41, 5.74) is 5.82. The molecule has 0 aliphatic carbocycles. The van der Waals surface area contributed by atoms with Gasteiger partial charge in [0.05, 0.1) is 5.92 Å². The van der Waals surface area contributed by atoms with E-state index < -0.39 is 0 Å². The second kappa shape index (κ2) is 5.88. The first-order chi connectivity index (χ1) is 8.97. The lowest BCUT2D eigenvalue weighted by molar-refractivity contribution is -0.134. The highest BCUT2D eigenvalue weighted by atomic mass is 16.2. The Morgan fingerprint density at radius 2 is 2.16 bits per heavy atom. The molecule has 0 bridgehead atoms. The molecule has 0 aromatic rings. The van der Waals surface area contributed by atoms with Gasteiger partial charge in [-0.3, -0.25) is 9.59 Å². The lowest BCUT2D eigenvalue weighted by Gasteiger charge is -2.21. The lowest BCUT2D eigenvalue weighted by atomic mass is 10.1. The second-order valence-electron chi connectivity index (χ2n) is 5.88. The highest BCUT2D eigenvalue weighted by molar-refractivity contribution is 5.89. The molecule has 2 heterocycles. The summed E-state index contributed by atoms with van der Waals surface area (Å²) in [6.07, 6.45) is 1.23. The molecule has 2 N–H and O–H groups in total. The Morgan fingerprint density at radius 3 is 2.74 bits per heavy atom. The number of amides is 2. The Hall–Kier alpha value is -1.14. The van der Waals surface area contributed by atoms with Crippen molar-refractivity contribution in [3.8, 4) is 0 Å². The van der Waals surface area contributed by atoms with Gasteiger partial charge in [0.1, 0.15) is 0 Å². The van der Waals surface area contributed by atoms with E-state index in [0.717, 1.165) is 19.5 Å². The van der Waals surface area contributed by atoms with Crippen LogP contribution in [0.4, 0.5) is 0 Å². The van der Waals surface area contributed by atoms with E-state index in [2.05, 4.69) is 0 Å². The highest BCUT2D eigenvalue weighted by Crippen LogP contribution is 2.21. The first-order valence-electron chi connectivity index (χ1n) is 6.94. The van der Waals surface area contributed by atoms with Crippen molar-refractivity contribution in [1.29, 1.82) is 0 Å². The van der Waals surface area contributed by atoms with Gasteiger partial charge in [0.25, 0.3) is 0 Å². The smallest absolute Gasteiger partial charge is 0.228 e. The van der Waals surface area contributed by atoms with Gasteiger partial charge in [-0.15, -0.1) is 0 Å². The summed E-state index contributed by atoms with van der Waals surface area (Å²) < 4.78 is 0. The van der Waals surface area contributed by atoms with E-state index in [0.29, 0.717) is 26.1 Å². The lowest BCUT2D eigenvalue weighted by Crippen LogP contribution is -2.38. The molecule has 0 saturated carbocycles. The number of likely N-dealkylation sites (N-methyl/N-ethyl adjacent to an activating group) is 1. The van der Waals surface area contributed by atoms with Crippen LogP contribution in [0, 0.1) is 5.92 Å². The van der Waals surface area contributed by atoms with Crippen molar-refractivity contribution >= 4 is 11.8 Å². The van der Waals surface area contributed by atoms with E-state index in [4.69, 9.17) is 5.73 Å². The van der Waals surface area contributed by atoms with Crippen LogP contribution < -0.4 is 5.73 Å². The Bertz CT molecular complexity index is 359. The predicted molar refractivity (Wildman–Crippen MR) is 72.4 cm³/mol. The molecule has 0 spiro atoms. The molecule has 2 rings (SSSR count). The van der Waals surface area contributed by atoms with Gasteiger partial charge in [0.2, 0.25) is 11.8 Å². The van der Waals surface area contributed by atoms with Crippen molar-refractivity contribution in [2.45, 2.75) is 18.9 Å². The molecule has 2 atom stereocenters. The maximum atomic E-state index is 12.3. The van der Waals surface area contributed by atoms with Crippen LogP contribution in [-0.2, 0) is 9.59 Å². The number of carbonyl (C=O) groups excluding carboxylic acids is 2. The Balaban J connectivity index is 1.86. The van der Waals surface area contributed by atoms with Crippen LogP contribution in [0.5, 0.6) is 0 Å². The van der Waals surface area contributed by atoms with Crippen LogP contribution in [0.15, 0.2) is 0 Å². The molecular formula is C13H24N4O2. The van der Waals surface area contributed by atoms with Crippen molar-refractivity contribution in [3.63, 3.8) is 0 Å². The first-order valence-corrected chi connectivity index (χ1v) is 6.94. The van der Waals surface area contributed by atoms with Crippen molar-refractivity contribution in [3.05, 3.63) is 0 Å². The van der Waals surface area contributed by atoms with Crippen molar-refractivity contribution in [2.24, 2.45) is 11.7 Å². The summed E-state index contributed by atoms with van der Waals surface area (Å²) in [5.74, 6) is 0.0392. The van der Waals surface area contributed by atoms with E-state index in [9.17, 15) is 9.59 Å². The average molecular weight is 268 g/mol. The zero-order chi connectivity index (χ0) is 14.0. The molecule has 0 unspecified atom stereocenters. The fourth-order valence-electron chi connectivity index (χ4n) is 2.72. The third-order valence-electron chi connectivity index (χ3n) is 3.92. The summed E-state index contributed by atoms with van der Waals surface area (Å²) in [6.45, 7) is 3.48. The molecule has 2 aliphatic rings. The van der Waals surface area contributed by atoms with E-state index in [-0.39, 0.29) is 23.8 Å².